The fraction of sp³-hybridized carbons (Fsp3) is 0.462. The van der Waals surface area contributed by atoms with Crippen LogP contribution in [0.1, 0.15) is 12.5 Å². The number of nitrogens with zero attached hydrogens (tertiary/aromatic N) is 1. The molecule has 1 amide bonds. The number of nitrogen functional groups attached to an aromatic ring is 1. The zero-order valence-electron chi connectivity index (χ0n) is 12.8. The number of aryl methyl sites for hydroxylation is 1. The zero-order valence-corrected chi connectivity index (χ0v) is 13.6. The number of anilines is 1. The molecule has 8 heteroatoms. The van der Waals surface area contributed by atoms with Crippen LogP contribution in [0.3, 0.4) is 0 Å². The van der Waals surface area contributed by atoms with Crippen LogP contribution in [-0.2, 0) is 14.8 Å². The largest absolute Gasteiger partial charge is 0.495 e. The Labute approximate surface area is 125 Å². The smallest absolute Gasteiger partial charge is 0.245 e. The Morgan fingerprint density at radius 3 is 2.43 bits per heavy atom. The highest BCUT2D eigenvalue weighted by Gasteiger charge is 2.26. The predicted octanol–water partition coefficient (Wildman–Crippen LogP) is 0.341. The van der Waals surface area contributed by atoms with Crippen LogP contribution in [0.25, 0.3) is 0 Å². The molecular formula is C13H21N3O4S. The molecule has 0 aliphatic heterocycles. The van der Waals surface area contributed by atoms with Gasteiger partial charge in [-0.05, 0) is 31.5 Å². The van der Waals surface area contributed by atoms with Gasteiger partial charge in [0, 0.05) is 19.8 Å². The molecule has 21 heavy (non-hydrogen) atoms. The Balaban J connectivity index is 3.20. The summed E-state index contributed by atoms with van der Waals surface area (Å²) in [5.74, 6) is -0.170. The first-order valence-corrected chi connectivity index (χ1v) is 7.76. The molecule has 0 aliphatic carbocycles. The van der Waals surface area contributed by atoms with Gasteiger partial charge in [0.15, 0.2) is 0 Å². The molecule has 0 aromatic heterocycles. The number of likely N-dealkylation sites (N-methyl/N-ethyl adjacent to an activating group) is 1. The van der Waals surface area contributed by atoms with Crippen molar-refractivity contribution >= 4 is 21.6 Å². The van der Waals surface area contributed by atoms with Gasteiger partial charge in [0.25, 0.3) is 0 Å². The van der Waals surface area contributed by atoms with E-state index in [-0.39, 0.29) is 16.6 Å². The van der Waals surface area contributed by atoms with Crippen molar-refractivity contribution in [2.75, 3.05) is 26.9 Å². The highest BCUT2D eigenvalue weighted by atomic mass is 32.2. The summed E-state index contributed by atoms with van der Waals surface area (Å²) in [5, 5.41) is 0. The number of carbonyl (C=O) groups excluding carboxylic acids is 1. The summed E-state index contributed by atoms with van der Waals surface area (Å²) in [4.78, 5) is 13.0. The maximum absolute atomic E-state index is 12.4. The topological polar surface area (TPSA) is 102 Å². The Kier molecular flexibility index (Phi) is 5.19. The minimum atomic E-state index is -3.92. The van der Waals surface area contributed by atoms with Gasteiger partial charge in [0.1, 0.15) is 10.6 Å². The van der Waals surface area contributed by atoms with E-state index in [0.29, 0.717) is 11.3 Å². The van der Waals surface area contributed by atoms with Gasteiger partial charge in [-0.2, -0.15) is 4.72 Å². The van der Waals surface area contributed by atoms with Crippen molar-refractivity contribution < 1.29 is 17.9 Å². The molecule has 1 atom stereocenters. The van der Waals surface area contributed by atoms with Crippen molar-refractivity contribution in [2.24, 2.45) is 0 Å². The molecular weight excluding hydrogens is 294 g/mol. The lowest BCUT2D eigenvalue weighted by atomic mass is 10.2. The van der Waals surface area contributed by atoms with Crippen LogP contribution >= 0.6 is 0 Å². The highest BCUT2D eigenvalue weighted by Crippen LogP contribution is 2.28. The second-order valence-electron chi connectivity index (χ2n) is 4.94. The van der Waals surface area contributed by atoms with Crippen LogP contribution in [0, 0.1) is 6.92 Å². The number of nitrogens with two attached hydrogens (primary N) is 1. The third-order valence-electron chi connectivity index (χ3n) is 2.98. The number of carbonyl (C=O) groups is 1. The second kappa shape index (κ2) is 6.31. The van der Waals surface area contributed by atoms with Crippen LogP contribution < -0.4 is 15.2 Å². The van der Waals surface area contributed by atoms with Crippen molar-refractivity contribution in [3.8, 4) is 5.75 Å². The van der Waals surface area contributed by atoms with E-state index >= 15 is 0 Å². The van der Waals surface area contributed by atoms with E-state index in [9.17, 15) is 13.2 Å². The highest BCUT2D eigenvalue weighted by molar-refractivity contribution is 7.89. The Morgan fingerprint density at radius 1 is 1.38 bits per heavy atom. The third-order valence-corrected chi connectivity index (χ3v) is 4.55. The molecule has 0 heterocycles. The van der Waals surface area contributed by atoms with E-state index in [4.69, 9.17) is 10.5 Å². The first-order valence-electron chi connectivity index (χ1n) is 6.27. The van der Waals surface area contributed by atoms with Crippen LogP contribution in [0.15, 0.2) is 17.0 Å². The van der Waals surface area contributed by atoms with Gasteiger partial charge in [0.05, 0.1) is 13.2 Å². The number of rotatable bonds is 5. The van der Waals surface area contributed by atoms with Crippen molar-refractivity contribution in [2.45, 2.75) is 24.8 Å². The Hall–Kier alpha value is -1.80. The number of amides is 1. The first-order chi connectivity index (χ1) is 9.60. The van der Waals surface area contributed by atoms with Gasteiger partial charge in [-0.1, -0.05) is 0 Å². The van der Waals surface area contributed by atoms with Crippen molar-refractivity contribution in [1.82, 2.24) is 9.62 Å². The number of nitrogens with one attached hydrogen (secondary N) is 1. The number of sulfonamides is 1. The van der Waals surface area contributed by atoms with Crippen molar-refractivity contribution in [1.29, 1.82) is 0 Å². The molecule has 0 radical (unpaired) electrons. The zero-order chi connectivity index (χ0) is 16.4. The molecule has 1 aromatic carbocycles. The van der Waals surface area contributed by atoms with Gasteiger partial charge < -0.3 is 15.4 Å². The van der Waals surface area contributed by atoms with E-state index in [1.54, 1.807) is 27.1 Å². The molecule has 1 aromatic rings. The van der Waals surface area contributed by atoms with E-state index in [2.05, 4.69) is 4.72 Å². The molecule has 3 N–H and O–H groups in total. The predicted molar refractivity (Wildman–Crippen MR) is 80.6 cm³/mol. The fourth-order valence-electron chi connectivity index (χ4n) is 1.78. The SMILES string of the molecule is COc1cc(C)c(N)cc1S(=O)(=O)NC(C)C(=O)N(C)C. The normalized spacial score (nSPS) is 12.8. The fourth-order valence-corrected chi connectivity index (χ4v) is 3.16. The lowest BCUT2D eigenvalue weighted by Gasteiger charge is -2.19. The Bertz CT molecular complexity index is 641. The van der Waals surface area contributed by atoms with Crippen LogP contribution in [0.2, 0.25) is 0 Å². The lowest BCUT2D eigenvalue weighted by molar-refractivity contribution is -0.130. The lowest BCUT2D eigenvalue weighted by Crippen LogP contribution is -2.44. The number of hydrogen-bond donors (Lipinski definition) is 2. The number of benzene rings is 1. The molecule has 118 valence electrons. The Morgan fingerprint density at radius 2 is 1.95 bits per heavy atom. The summed E-state index contributed by atoms with van der Waals surface area (Å²) >= 11 is 0. The average molecular weight is 315 g/mol. The van der Waals surface area contributed by atoms with Gasteiger partial charge in [-0.15, -0.1) is 0 Å². The molecule has 0 saturated carbocycles. The monoisotopic (exact) mass is 315 g/mol. The average Bonchev–Trinajstić information content (AvgIpc) is 2.39. The quantitative estimate of drug-likeness (QED) is 0.763. The minimum Gasteiger partial charge on any atom is -0.495 e. The number of methoxy groups -OCH3 is 1. The van der Waals surface area contributed by atoms with Crippen LogP contribution in [-0.4, -0.2) is 46.5 Å². The van der Waals surface area contributed by atoms with E-state index in [0.717, 1.165) is 0 Å². The molecule has 0 aliphatic rings. The van der Waals surface area contributed by atoms with Gasteiger partial charge in [-0.3, -0.25) is 4.79 Å². The van der Waals surface area contributed by atoms with Gasteiger partial charge >= 0.3 is 0 Å². The molecule has 0 bridgehead atoms. The maximum atomic E-state index is 12.4. The summed E-state index contributed by atoms with van der Waals surface area (Å²) in [7, 11) is 0.557. The van der Waals surface area contributed by atoms with Gasteiger partial charge in [-0.25, -0.2) is 8.42 Å². The maximum Gasteiger partial charge on any atom is 0.245 e. The summed E-state index contributed by atoms with van der Waals surface area (Å²) in [5.41, 5.74) is 6.80. The minimum absolute atomic E-state index is 0.0912. The van der Waals surface area contributed by atoms with E-state index < -0.39 is 16.1 Å². The molecule has 0 spiro atoms. The summed E-state index contributed by atoms with van der Waals surface area (Å²) in [6, 6.07) is 1.98. The van der Waals surface area contributed by atoms with Crippen molar-refractivity contribution in [3.05, 3.63) is 17.7 Å². The number of hydrogen-bond acceptors (Lipinski definition) is 5. The summed E-state index contributed by atoms with van der Waals surface area (Å²) in [6.45, 7) is 3.23. The first kappa shape index (κ1) is 17.3. The summed E-state index contributed by atoms with van der Waals surface area (Å²) in [6.07, 6.45) is 0. The number of ether oxygens (including phenoxy) is 1. The standard InChI is InChI=1S/C13H21N3O4S/c1-8-6-11(20-5)12(7-10(8)14)21(18,19)15-9(2)13(17)16(3)4/h6-7,9,15H,14H2,1-5H3. The van der Waals surface area contributed by atoms with E-state index in [1.165, 1.54) is 25.0 Å². The molecule has 1 rings (SSSR count). The van der Waals surface area contributed by atoms with Crippen molar-refractivity contribution in [3.63, 3.8) is 0 Å². The van der Waals surface area contributed by atoms with E-state index in [1.807, 2.05) is 0 Å². The molecule has 0 saturated heterocycles. The summed E-state index contributed by atoms with van der Waals surface area (Å²) < 4.78 is 32.2. The van der Waals surface area contributed by atoms with Crippen LogP contribution in [0.5, 0.6) is 5.75 Å². The van der Waals surface area contributed by atoms with Crippen LogP contribution in [0.4, 0.5) is 5.69 Å². The van der Waals surface area contributed by atoms with Gasteiger partial charge in [0.2, 0.25) is 15.9 Å². The molecule has 1 unspecified atom stereocenters. The molecule has 7 nitrogen and oxygen atoms in total. The third kappa shape index (κ3) is 3.85. The molecule has 0 fully saturated rings. The second-order valence-corrected chi connectivity index (χ2v) is 6.62.